The first-order valence-electron chi connectivity index (χ1n) is 9.71. The highest BCUT2D eigenvalue weighted by atomic mass is 16.5. The Morgan fingerprint density at radius 1 is 1.29 bits per heavy atom. The minimum atomic E-state index is 0.0907. The van der Waals surface area contributed by atoms with Crippen molar-refractivity contribution < 1.29 is 18.8 Å². The number of rotatable bonds is 9. The molecule has 0 spiro atoms. The summed E-state index contributed by atoms with van der Waals surface area (Å²) in [7, 11) is 3.28. The van der Waals surface area contributed by atoms with E-state index in [2.05, 4.69) is 15.8 Å². The molecule has 1 fully saturated rings. The predicted octanol–water partition coefficient (Wildman–Crippen LogP) is 2.30. The number of piperidine rings is 1. The summed E-state index contributed by atoms with van der Waals surface area (Å²) in [4.78, 5) is 12.5. The summed E-state index contributed by atoms with van der Waals surface area (Å²) < 4.78 is 15.5. The van der Waals surface area contributed by atoms with Gasteiger partial charge in [-0.1, -0.05) is 17.3 Å². The Morgan fingerprint density at radius 2 is 2.11 bits per heavy atom. The number of carbonyl (C=O) groups is 1. The second kappa shape index (κ2) is 10.2. The smallest absolute Gasteiger partial charge is 0.220 e. The van der Waals surface area contributed by atoms with E-state index in [1.807, 2.05) is 30.3 Å². The summed E-state index contributed by atoms with van der Waals surface area (Å²) in [5.74, 6) is 2.33. The summed E-state index contributed by atoms with van der Waals surface area (Å²) in [5.41, 5.74) is 1.98. The fourth-order valence-corrected chi connectivity index (χ4v) is 3.67. The van der Waals surface area contributed by atoms with Crippen molar-refractivity contribution in [3.63, 3.8) is 0 Å². The SMILES string of the molecule is COCc1cc(C[C@H]2CNCC[C@H]2CC(=O)NCc2ccc(OC)cc2)no1. The van der Waals surface area contributed by atoms with E-state index >= 15 is 0 Å². The molecule has 1 aliphatic rings. The molecule has 0 unspecified atom stereocenters. The maximum atomic E-state index is 12.5. The van der Waals surface area contributed by atoms with Crippen molar-refractivity contribution in [1.29, 1.82) is 0 Å². The number of nitrogens with zero attached hydrogens (tertiary/aromatic N) is 1. The Hall–Kier alpha value is -2.38. The van der Waals surface area contributed by atoms with Crippen molar-refractivity contribution in [3.05, 3.63) is 47.3 Å². The lowest BCUT2D eigenvalue weighted by Gasteiger charge is -2.31. The second-order valence-electron chi connectivity index (χ2n) is 7.26. The average Bonchev–Trinajstić information content (AvgIpc) is 3.15. The third-order valence-corrected chi connectivity index (χ3v) is 5.23. The van der Waals surface area contributed by atoms with Crippen LogP contribution < -0.4 is 15.4 Å². The van der Waals surface area contributed by atoms with Crippen LogP contribution in [-0.4, -0.2) is 38.4 Å². The van der Waals surface area contributed by atoms with Gasteiger partial charge in [-0.3, -0.25) is 4.79 Å². The Morgan fingerprint density at radius 3 is 2.86 bits per heavy atom. The maximum Gasteiger partial charge on any atom is 0.220 e. The van der Waals surface area contributed by atoms with E-state index in [1.54, 1.807) is 14.2 Å². The molecule has 28 heavy (non-hydrogen) atoms. The Bertz CT molecular complexity index is 744. The summed E-state index contributed by atoms with van der Waals surface area (Å²) in [6.07, 6.45) is 2.32. The predicted molar refractivity (Wildman–Crippen MR) is 105 cm³/mol. The van der Waals surface area contributed by atoms with E-state index < -0.39 is 0 Å². The lowest BCUT2D eigenvalue weighted by Crippen LogP contribution is -2.40. The highest BCUT2D eigenvalue weighted by Gasteiger charge is 2.28. The van der Waals surface area contributed by atoms with Crippen LogP contribution in [0.2, 0.25) is 0 Å². The lowest BCUT2D eigenvalue weighted by molar-refractivity contribution is -0.122. The van der Waals surface area contributed by atoms with Crippen LogP contribution in [0, 0.1) is 11.8 Å². The van der Waals surface area contributed by atoms with E-state index in [1.165, 1.54) is 0 Å². The largest absolute Gasteiger partial charge is 0.497 e. The fraction of sp³-hybridized carbons (Fsp3) is 0.524. The zero-order chi connectivity index (χ0) is 19.8. The molecule has 0 aliphatic carbocycles. The number of aromatic nitrogens is 1. The van der Waals surface area contributed by atoms with Crippen molar-refractivity contribution in [3.8, 4) is 5.75 Å². The molecule has 2 heterocycles. The van der Waals surface area contributed by atoms with Gasteiger partial charge in [0.1, 0.15) is 12.4 Å². The maximum absolute atomic E-state index is 12.5. The van der Waals surface area contributed by atoms with Crippen LogP contribution >= 0.6 is 0 Å². The molecule has 1 aromatic carbocycles. The van der Waals surface area contributed by atoms with Gasteiger partial charge >= 0.3 is 0 Å². The number of benzene rings is 1. The highest BCUT2D eigenvalue weighted by molar-refractivity contribution is 5.76. The monoisotopic (exact) mass is 387 g/mol. The Balaban J connectivity index is 1.50. The number of hydrogen-bond donors (Lipinski definition) is 2. The standard InChI is InChI=1S/C21H29N3O4/c1-26-14-20-11-18(24-28-20)9-17-13-22-8-7-16(17)10-21(25)23-12-15-3-5-19(27-2)6-4-15/h3-6,11,16-17,22H,7-10,12-14H2,1-2H3,(H,23,25)/t16-,17-/m0/s1. The van der Waals surface area contributed by atoms with Gasteiger partial charge in [-0.05, 0) is 55.5 Å². The van der Waals surface area contributed by atoms with Crippen LogP contribution in [0.5, 0.6) is 5.75 Å². The van der Waals surface area contributed by atoms with Crippen molar-refractivity contribution in [1.82, 2.24) is 15.8 Å². The first-order chi connectivity index (χ1) is 13.7. The van der Waals surface area contributed by atoms with Crippen molar-refractivity contribution in [2.24, 2.45) is 11.8 Å². The molecule has 0 saturated carbocycles. The van der Waals surface area contributed by atoms with Gasteiger partial charge in [0.2, 0.25) is 5.91 Å². The molecule has 1 saturated heterocycles. The van der Waals surface area contributed by atoms with Gasteiger partial charge < -0.3 is 24.6 Å². The molecule has 1 amide bonds. The van der Waals surface area contributed by atoms with Crippen molar-refractivity contribution >= 4 is 5.91 Å². The molecule has 2 atom stereocenters. The number of amides is 1. The number of carbonyl (C=O) groups excluding carboxylic acids is 1. The molecule has 2 N–H and O–H groups in total. The first kappa shape index (κ1) is 20.4. The molecule has 7 nitrogen and oxygen atoms in total. The molecular weight excluding hydrogens is 358 g/mol. The van der Waals surface area contributed by atoms with E-state index in [0.717, 1.165) is 48.7 Å². The van der Waals surface area contributed by atoms with Gasteiger partial charge in [0.15, 0.2) is 5.76 Å². The molecule has 1 aliphatic heterocycles. The van der Waals surface area contributed by atoms with Crippen LogP contribution in [-0.2, 0) is 29.1 Å². The van der Waals surface area contributed by atoms with Crippen molar-refractivity contribution in [2.75, 3.05) is 27.3 Å². The number of ether oxygens (including phenoxy) is 2. The van der Waals surface area contributed by atoms with Crippen molar-refractivity contribution in [2.45, 2.75) is 32.4 Å². The minimum Gasteiger partial charge on any atom is -0.497 e. The molecule has 0 radical (unpaired) electrons. The van der Waals surface area contributed by atoms with Gasteiger partial charge in [0.05, 0.1) is 12.8 Å². The zero-order valence-electron chi connectivity index (χ0n) is 16.6. The molecule has 0 bridgehead atoms. The lowest BCUT2D eigenvalue weighted by atomic mass is 9.81. The Kier molecular flexibility index (Phi) is 7.45. The first-order valence-corrected chi connectivity index (χ1v) is 9.71. The molecule has 2 aromatic rings. The summed E-state index contributed by atoms with van der Waals surface area (Å²) in [5, 5.41) is 10.6. The molecule has 152 valence electrons. The second-order valence-corrected chi connectivity index (χ2v) is 7.26. The number of methoxy groups -OCH3 is 2. The molecule has 1 aromatic heterocycles. The van der Waals surface area contributed by atoms with Gasteiger partial charge in [-0.25, -0.2) is 0 Å². The summed E-state index contributed by atoms with van der Waals surface area (Å²) in [6.45, 7) is 2.79. The van der Waals surface area contributed by atoms with Gasteiger partial charge in [0.25, 0.3) is 0 Å². The molecular formula is C21H29N3O4. The Labute approximate surface area is 165 Å². The summed E-state index contributed by atoms with van der Waals surface area (Å²) >= 11 is 0. The third-order valence-electron chi connectivity index (χ3n) is 5.23. The van der Waals surface area contributed by atoms with E-state index in [4.69, 9.17) is 14.0 Å². The van der Waals surface area contributed by atoms with E-state index in [0.29, 0.717) is 31.4 Å². The minimum absolute atomic E-state index is 0.0907. The van der Waals surface area contributed by atoms with Crippen LogP contribution in [0.25, 0.3) is 0 Å². The molecule has 7 heteroatoms. The van der Waals surface area contributed by atoms with E-state index in [-0.39, 0.29) is 5.91 Å². The number of hydrogen-bond acceptors (Lipinski definition) is 6. The summed E-state index contributed by atoms with van der Waals surface area (Å²) in [6, 6.07) is 9.68. The quantitative estimate of drug-likeness (QED) is 0.687. The van der Waals surface area contributed by atoms with Crippen LogP contribution in [0.1, 0.15) is 29.9 Å². The van der Waals surface area contributed by atoms with Gasteiger partial charge in [-0.15, -0.1) is 0 Å². The normalized spacial score (nSPS) is 19.4. The zero-order valence-corrected chi connectivity index (χ0v) is 16.6. The fourth-order valence-electron chi connectivity index (χ4n) is 3.67. The van der Waals surface area contributed by atoms with Gasteiger partial charge in [0, 0.05) is 26.1 Å². The van der Waals surface area contributed by atoms with Crippen LogP contribution in [0.4, 0.5) is 0 Å². The third kappa shape index (κ3) is 5.81. The van der Waals surface area contributed by atoms with Gasteiger partial charge in [-0.2, -0.15) is 0 Å². The van der Waals surface area contributed by atoms with Crippen LogP contribution in [0.15, 0.2) is 34.9 Å². The topological polar surface area (TPSA) is 85.6 Å². The average molecular weight is 387 g/mol. The highest BCUT2D eigenvalue weighted by Crippen LogP contribution is 2.26. The van der Waals surface area contributed by atoms with E-state index in [9.17, 15) is 4.79 Å². The van der Waals surface area contributed by atoms with Crippen LogP contribution in [0.3, 0.4) is 0 Å². The molecule has 3 rings (SSSR count). The number of nitrogens with one attached hydrogen (secondary N) is 2.